The molecular formula is C11H9N2O. The lowest BCUT2D eigenvalue weighted by Gasteiger charge is -2.01. The predicted molar refractivity (Wildman–Crippen MR) is 52.2 cm³/mol. The van der Waals surface area contributed by atoms with Crippen molar-refractivity contribution >= 4 is 0 Å². The smallest absolute Gasteiger partial charge is 0.0885 e. The molecule has 0 atom stereocenters. The lowest BCUT2D eigenvalue weighted by molar-refractivity contribution is 0.281. The van der Waals surface area contributed by atoms with Gasteiger partial charge in [-0.2, -0.15) is 0 Å². The number of aromatic nitrogens is 2. The van der Waals surface area contributed by atoms with Gasteiger partial charge >= 0.3 is 0 Å². The van der Waals surface area contributed by atoms with E-state index in [1.54, 1.807) is 24.7 Å². The van der Waals surface area contributed by atoms with Crippen molar-refractivity contribution in [3.8, 4) is 11.3 Å². The Labute approximate surface area is 82.1 Å². The van der Waals surface area contributed by atoms with Crippen molar-refractivity contribution in [2.24, 2.45) is 0 Å². The average molecular weight is 185 g/mol. The third-order valence-electron chi connectivity index (χ3n) is 1.89. The van der Waals surface area contributed by atoms with Crippen molar-refractivity contribution in [3.05, 3.63) is 48.4 Å². The molecule has 0 aliphatic rings. The molecule has 0 fully saturated rings. The van der Waals surface area contributed by atoms with Gasteiger partial charge in [-0.1, -0.05) is 12.1 Å². The Bertz CT molecular complexity index is 415. The van der Waals surface area contributed by atoms with Crippen LogP contribution in [0.1, 0.15) is 5.56 Å². The van der Waals surface area contributed by atoms with E-state index in [-0.39, 0.29) is 6.61 Å². The van der Waals surface area contributed by atoms with Crippen LogP contribution in [0.5, 0.6) is 0 Å². The van der Waals surface area contributed by atoms with Gasteiger partial charge in [-0.05, 0) is 17.7 Å². The summed E-state index contributed by atoms with van der Waals surface area (Å²) in [7, 11) is 0. The van der Waals surface area contributed by atoms with E-state index in [9.17, 15) is 0 Å². The fraction of sp³-hybridized carbons (Fsp3) is 0.0909. The molecule has 3 heteroatoms. The topological polar surface area (TPSA) is 46.0 Å². The zero-order valence-electron chi connectivity index (χ0n) is 7.51. The second-order valence-electron chi connectivity index (χ2n) is 2.85. The Morgan fingerprint density at radius 2 is 2.29 bits per heavy atom. The maximum Gasteiger partial charge on any atom is 0.0885 e. The highest BCUT2D eigenvalue weighted by Crippen LogP contribution is 2.16. The number of rotatable bonds is 2. The molecule has 69 valence electrons. The first-order valence-electron chi connectivity index (χ1n) is 4.28. The highest BCUT2D eigenvalue weighted by atomic mass is 16.3. The number of aliphatic hydroxyl groups excluding tert-OH is 1. The second kappa shape index (κ2) is 3.98. The van der Waals surface area contributed by atoms with Gasteiger partial charge in [0, 0.05) is 18.0 Å². The maximum absolute atomic E-state index is 8.94. The van der Waals surface area contributed by atoms with Crippen LogP contribution in [-0.4, -0.2) is 15.1 Å². The van der Waals surface area contributed by atoms with Crippen molar-refractivity contribution in [3.63, 3.8) is 0 Å². The zero-order valence-corrected chi connectivity index (χ0v) is 7.51. The standard InChI is InChI=1S/C11H9N2O/c14-8-9-2-1-3-10(6-9)11-7-12-4-5-13-11/h1,3-7,14H,8H2. The SMILES string of the molecule is OCc1[c]ccc(-c2cnccn2)c1. The molecule has 1 aromatic heterocycles. The van der Waals surface area contributed by atoms with Gasteiger partial charge in [0.05, 0.1) is 18.5 Å². The monoisotopic (exact) mass is 185 g/mol. The zero-order chi connectivity index (χ0) is 9.80. The number of hydrogen-bond donors (Lipinski definition) is 1. The van der Waals surface area contributed by atoms with Crippen LogP contribution in [0.25, 0.3) is 11.3 Å². The molecule has 1 N–H and O–H groups in total. The molecule has 0 unspecified atom stereocenters. The van der Waals surface area contributed by atoms with Crippen LogP contribution in [0, 0.1) is 6.07 Å². The minimum atomic E-state index is -0.00585. The molecule has 3 nitrogen and oxygen atoms in total. The highest BCUT2D eigenvalue weighted by molar-refractivity contribution is 5.58. The van der Waals surface area contributed by atoms with E-state index in [0.717, 1.165) is 16.8 Å². The third kappa shape index (κ3) is 1.78. The van der Waals surface area contributed by atoms with E-state index >= 15 is 0 Å². The van der Waals surface area contributed by atoms with Crippen LogP contribution in [0.2, 0.25) is 0 Å². The highest BCUT2D eigenvalue weighted by Gasteiger charge is 1.99. The number of hydrogen-bond acceptors (Lipinski definition) is 3. The van der Waals surface area contributed by atoms with Gasteiger partial charge in [-0.15, -0.1) is 0 Å². The maximum atomic E-state index is 8.94. The molecule has 0 saturated carbocycles. The minimum Gasteiger partial charge on any atom is -0.392 e. The minimum absolute atomic E-state index is 0.00585. The first-order chi connectivity index (χ1) is 6.90. The van der Waals surface area contributed by atoms with E-state index in [2.05, 4.69) is 16.0 Å². The summed E-state index contributed by atoms with van der Waals surface area (Å²) in [6.45, 7) is -0.00585. The normalized spacial score (nSPS) is 10.1. The summed E-state index contributed by atoms with van der Waals surface area (Å²) in [5.74, 6) is 0. The Kier molecular flexibility index (Phi) is 2.51. The Morgan fingerprint density at radius 1 is 1.36 bits per heavy atom. The predicted octanol–water partition coefficient (Wildman–Crippen LogP) is 1.44. The lowest BCUT2D eigenvalue weighted by Crippen LogP contribution is -1.87. The van der Waals surface area contributed by atoms with E-state index in [1.807, 2.05) is 12.1 Å². The molecule has 0 spiro atoms. The Morgan fingerprint density at radius 3 is 3.00 bits per heavy atom. The first kappa shape index (κ1) is 8.84. The average Bonchev–Trinajstić information content (AvgIpc) is 2.30. The van der Waals surface area contributed by atoms with Crippen molar-refractivity contribution in [1.82, 2.24) is 9.97 Å². The summed E-state index contributed by atoms with van der Waals surface area (Å²) >= 11 is 0. The lowest BCUT2D eigenvalue weighted by atomic mass is 10.1. The van der Waals surface area contributed by atoms with Gasteiger partial charge in [-0.25, -0.2) is 0 Å². The molecule has 0 aliphatic heterocycles. The quantitative estimate of drug-likeness (QED) is 0.770. The van der Waals surface area contributed by atoms with Crippen molar-refractivity contribution in [1.29, 1.82) is 0 Å². The molecule has 0 saturated heterocycles. The van der Waals surface area contributed by atoms with Gasteiger partial charge in [0.15, 0.2) is 0 Å². The van der Waals surface area contributed by atoms with Crippen LogP contribution in [0.15, 0.2) is 36.8 Å². The van der Waals surface area contributed by atoms with E-state index in [0.29, 0.717) is 0 Å². The molecule has 2 rings (SSSR count). The van der Waals surface area contributed by atoms with Crippen molar-refractivity contribution < 1.29 is 5.11 Å². The molecular weight excluding hydrogens is 176 g/mol. The van der Waals surface area contributed by atoms with Gasteiger partial charge in [0.2, 0.25) is 0 Å². The first-order valence-corrected chi connectivity index (χ1v) is 4.28. The Hall–Kier alpha value is -1.74. The number of aliphatic hydroxyl groups is 1. The van der Waals surface area contributed by atoms with E-state index in [1.165, 1.54) is 0 Å². The summed E-state index contributed by atoms with van der Waals surface area (Å²) in [6, 6.07) is 8.45. The van der Waals surface area contributed by atoms with Gasteiger partial charge < -0.3 is 5.11 Å². The summed E-state index contributed by atoms with van der Waals surface area (Å²) < 4.78 is 0. The van der Waals surface area contributed by atoms with Gasteiger partial charge in [0.25, 0.3) is 0 Å². The van der Waals surface area contributed by atoms with E-state index < -0.39 is 0 Å². The van der Waals surface area contributed by atoms with Crippen LogP contribution < -0.4 is 0 Å². The molecule has 2 aromatic rings. The van der Waals surface area contributed by atoms with Crippen LogP contribution >= 0.6 is 0 Å². The summed E-state index contributed by atoms with van der Waals surface area (Å²) in [6.07, 6.45) is 4.96. The third-order valence-corrected chi connectivity index (χ3v) is 1.89. The molecule has 0 bridgehead atoms. The fourth-order valence-corrected chi connectivity index (χ4v) is 1.21. The fourth-order valence-electron chi connectivity index (χ4n) is 1.21. The van der Waals surface area contributed by atoms with Gasteiger partial charge in [-0.3, -0.25) is 9.97 Å². The molecule has 0 amide bonds. The molecule has 14 heavy (non-hydrogen) atoms. The van der Waals surface area contributed by atoms with Crippen molar-refractivity contribution in [2.75, 3.05) is 0 Å². The largest absolute Gasteiger partial charge is 0.392 e. The van der Waals surface area contributed by atoms with Crippen LogP contribution in [0.4, 0.5) is 0 Å². The van der Waals surface area contributed by atoms with Crippen LogP contribution in [-0.2, 0) is 6.61 Å². The summed E-state index contributed by atoms with van der Waals surface area (Å²) in [5, 5.41) is 8.94. The van der Waals surface area contributed by atoms with Crippen molar-refractivity contribution in [2.45, 2.75) is 6.61 Å². The van der Waals surface area contributed by atoms with E-state index in [4.69, 9.17) is 5.11 Å². The number of benzene rings is 1. The molecule has 0 aliphatic carbocycles. The summed E-state index contributed by atoms with van der Waals surface area (Å²) in [5.41, 5.74) is 2.50. The molecule has 1 aromatic carbocycles. The second-order valence-corrected chi connectivity index (χ2v) is 2.85. The Balaban J connectivity index is 2.42. The molecule has 1 radical (unpaired) electrons. The van der Waals surface area contributed by atoms with Crippen LogP contribution in [0.3, 0.4) is 0 Å². The van der Waals surface area contributed by atoms with Gasteiger partial charge in [0.1, 0.15) is 0 Å². The number of nitrogens with zero attached hydrogens (tertiary/aromatic N) is 2. The summed E-state index contributed by atoms with van der Waals surface area (Å²) in [4.78, 5) is 8.15. The molecule has 1 heterocycles.